The molecule has 8 aliphatic heterocycles. The van der Waals surface area contributed by atoms with Gasteiger partial charge in [-0.1, -0.05) is 21.8 Å². The monoisotopic (exact) mass is 1370 g/mol. The Morgan fingerprint density at radius 2 is 0.452 bits per heavy atom. The highest BCUT2D eigenvalue weighted by Gasteiger charge is 2.59. The number of methoxy groups -OCH3 is 2. The lowest BCUT2D eigenvalue weighted by molar-refractivity contribution is -0.400. The molecule has 23 N–H and O–H groups in total. The molecule has 0 saturated carbocycles. The topological polar surface area (TPSA) is 622 Å². The Bertz CT molecular complexity index is 2160. The molecule has 0 aromatic rings. The molecule has 9 unspecified atom stereocenters. The third kappa shape index (κ3) is 16.7. The maximum Gasteiger partial charge on any atom is 0.187 e. The summed E-state index contributed by atoms with van der Waals surface area (Å²) in [5, 5.41) is 251. The maximum absolute atomic E-state index is 11.9. The van der Waals surface area contributed by atoms with E-state index in [9.17, 15) is 117 Å². The van der Waals surface area contributed by atoms with Gasteiger partial charge in [-0.05, 0) is 6.42 Å². The van der Waals surface area contributed by atoms with Gasteiger partial charge in [0.25, 0.3) is 0 Å². The number of ether oxygens (including phenoxy) is 17. The summed E-state index contributed by atoms with van der Waals surface area (Å²) in [6.07, 6.45) is -75.0. The molecule has 0 amide bonds. The van der Waals surface area contributed by atoms with Crippen LogP contribution in [0.4, 0.5) is 0 Å². The van der Waals surface area contributed by atoms with E-state index >= 15 is 0 Å². The summed E-state index contributed by atoms with van der Waals surface area (Å²) >= 11 is 0. The molecule has 8 fully saturated rings. The van der Waals surface area contributed by atoms with Crippen molar-refractivity contribution in [3.8, 4) is 0 Å². The zero-order chi connectivity index (χ0) is 66.8. The van der Waals surface area contributed by atoms with Crippen LogP contribution in [0.5, 0.6) is 0 Å². The minimum atomic E-state index is -2.33. The number of aliphatic hydroxyl groups excluding tert-OH is 23. The molecule has 8 rings (SSSR count). The fourth-order valence-corrected chi connectivity index (χ4v) is 12.0. The largest absolute Gasteiger partial charge is 0.394 e. The van der Waals surface area contributed by atoms with Crippen LogP contribution in [0.25, 0.3) is 0 Å². The molecule has 40 heteroatoms. The Kier molecular flexibility index (Phi) is 30.4. The van der Waals surface area contributed by atoms with Gasteiger partial charge in [-0.15, -0.1) is 0 Å². The predicted molar refractivity (Wildman–Crippen MR) is 291 cm³/mol. The van der Waals surface area contributed by atoms with Crippen molar-refractivity contribution in [2.75, 3.05) is 60.5 Å². The van der Waals surface area contributed by atoms with Gasteiger partial charge < -0.3 is 198 Å². The van der Waals surface area contributed by atoms with Gasteiger partial charge in [0.05, 0.1) is 52.4 Å². The van der Waals surface area contributed by atoms with Gasteiger partial charge in [-0.25, -0.2) is 0 Å². The van der Waals surface area contributed by atoms with Crippen LogP contribution in [0.1, 0.15) is 28.2 Å². The van der Waals surface area contributed by atoms with Crippen LogP contribution < -0.4 is 0 Å². The van der Waals surface area contributed by atoms with E-state index in [2.05, 4.69) is 0 Å². The van der Waals surface area contributed by atoms with Crippen molar-refractivity contribution < 1.29 is 198 Å². The average molecular weight is 1370 g/mol. The van der Waals surface area contributed by atoms with Crippen LogP contribution >= 0.6 is 0 Å². The summed E-state index contributed by atoms with van der Waals surface area (Å²) in [5.41, 5.74) is 0. The van der Waals surface area contributed by atoms with E-state index in [0.29, 0.717) is 0 Å². The molecule has 548 valence electrons. The normalized spacial score (nSPS) is 51.5. The summed E-state index contributed by atoms with van der Waals surface area (Å²) in [5.74, 6) is 0. The van der Waals surface area contributed by atoms with Crippen LogP contribution in [-0.2, 0) is 80.5 Å². The molecular formula is C53H96O40. The predicted octanol–water partition coefficient (Wildman–Crippen LogP) is -14.5. The highest BCUT2D eigenvalue weighted by molar-refractivity contribution is 5.01. The fourth-order valence-electron chi connectivity index (χ4n) is 12.0. The molecule has 0 aromatic heterocycles. The van der Waals surface area contributed by atoms with E-state index in [1.165, 1.54) is 7.11 Å². The number of aliphatic hydroxyl groups is 23. The lowest BCUT2D eigenvalue weighted by atomic mass is 9.95. The molecule has 0 bridgehead atoms. The van der Waals surface area contributed by atoms with Crippen LogP contribution in [0, 0.1) is 0 Å². The molecule has 0 radical (unpaired) electrons. The Morgan fingerprint density at radius 3 is 0.710 bits per heavy atom. The summed E-state index contributed by atoms with van der Waals surface area (Å²) in [4.78, 5) is 0. The molecule has 93 heavy (non-hydrogen) atoms. The van der Waals surface area contributed by atoms with Crippen molar-refractivity contribution in [1.82, 2.24) is 0 Å². The van der Waals surface area contributed by atoms with Crippen molar-refractivity contribution in [1.29, 1.82) is 0 Å². The molecule has 0 spiro atoms. The van der Waals surface area contributed by atoms with Gasteiger partial charge in [0.2, 0.25) is 0 Å². The third-order valence-electron chi connectivity index (χ3n) is 17.3. The van der Waals surface area contributed by atoms with Crippen molar-refractivity contribution in [2.45, 2.75) is 274 Å². The Hall–Kier alpha value is -1.60. The first kappa shape index (κ1) is 80.4. The molecule has 0 aliphatic carbocycles. The molecular weight excluding hydrogens is 1280 g/mol. The zero-order valence-electron chi connectivity index (χ0n) is 49.0. The highest BCUT2D eigenvalue weighted by atomic mass is 16.8. The van der Waals surface area contributed by atoms with E-state index in [4.69, 9.17) is 80.5 Å². The van der Waals surface area contributed by atoms with E-state index in [1.807, 2.05) is 0 Å². The van der Waals surface area contributed by atoms with Crippen LogP contribution in [0.15, 0.2) is 0 Å². The molecule has 8 saturated heterocycles. The number of rotatable bonds is 24. The van der Waals surface area contributed by atoms with E-state index < -0.39 is 292 Å². The van der Waals surface area contributed by atoms with Gasteiger partial charge >= 0.3 is 0 Å². The van der Waals surface area contributed by atoms with Crippen molar-refractivity contribution in [3.63, 3.8) is 0 Å². The second kappa shape index (κ2) is 35.1. The molecule has 0 aromatic carbocycles. The molecule has 8 aliphatic rings. The third-order valence-corrected chi connectivity index (χ3v) is 17.3. The smallest absolute Gasteiger partial charge is 0.187 e. The fraction of sp³-hybridized carbons (Fsp3) is 1.00. The van der Waals surface area contributed by atoms with Crippen molar-refractivity contribution in [2.24, 2.45) is 0 Å². The summed E-state index contributed by atoms with van der Waals surface area (Å²) in [7, 11) is 2.32. The van der Waals surface area contributed by atoms with Crippen LogP contribution in [-0.4, -0.2) is 424 Å². The second-order valence-corrected chi connectivity index (χ2v) is 23.1. The van der Waals surface area contributed by atoms with E-state index in [1.54, 1.807) is 6.92 Å². The lowest BCUT2D eigenvalue weighted by Crippen LogP contribution is -2.68. The first-order chi connectivity index (χ1) is 43.3. The zero-order valence-corrected chi connectivity index (χ0v) is 49.0. The Balaban J connectivity index is 0.00000686. The Morgan fingerprint density at radius 1 is 0.237 bits per heavy atom. The van der Waals surface area contributed by atoms with Crippen LogP contribution in [0.3, 0.4) is 0 Å². The van der Waals surface area contributed by atoms with Gasteiger partial charge in [0.1, 0.15) is 189 Å². The van der Waals surface area contributed by atoms with Gasteiger partial charge in [-0.2, -0.15) is 0 Å². The first-order valence-corrected chi connectivity index (χ1v) is 29.3. The number of hydrogen-bond acceptors (Lipinski definition) is 40. The first-order valence-electron chi connectivity index (χ1n) is 29.3. The molecule has 8 heterocycles. The highest BCUT2D eigenvalue weighted by Crippen LogP contribution is 2.39. The van der Waals surface area contributed by atoms with Crippen LogP contribution in [0.2, 0.25) is 0 Å². The molecule has 40 nitrogen and oxygen atoms in total. The van der Waals surface area contributed by atoms with Crippen molar-refractivity contribution in [3.05, 3.63) is 0 Å². The van der Waals surface area contributed by atoms with E-state index in [-0.39, 0.29) is 21.3 Å². The number of hydrogen-bond donors (Lipinski definition) is 23. The van der Waals surface area contributed by atoms with Gasteiger partial charge in [-0.3, -0.25) is 0 Å². The minimum absolute atomic E-state index is 0. The maximum atomic E-state index is 11.9. The second-order valence-electron chi connectivity index (χ2n) is 23.1. The summed E-state index contributed by atoms with van der Waals surface area (Å²) in [6.45, 7) is -5.07. The van der Waals surface area contributed by atoms with E-state index in [0.717, 1.165) is 7.11 Å². The average Bonchev–Trinajstić information content (AvgIpc) is 0.917. The standard InChI is InChI=1S/C51H88O40.2CH4/c1-4-12-20(58)21(59)29(67)45(78-12)77-11-19-43(91-50-35(73)27(65)41(17(9-56)84-50)89-48-33(71)24(62)39(15(7-54)82-48)87-46-31(69)22(60)37(75-2)13(5-52)80-46)28(66)36(74)51(85-19)90-42-18(10-57)83-49(34(72)26(42)64)88-40-16(8-55)81-47(32(70)25(40)63)86-38-14(6-53)79-44(76-3)30(68)23(38)61;;/h12-74H,4-11H2,1-3H3;2*1H4/t12?,13?,14?,15?,16?,17?,18?,19?,20-,21+,22-,23-,24-,25-,26-,27-,28-,29-,30-,31-,32-,33-,34-,35-,36-,37-,38-,39?,40-,41-,42-,43-,44+,45+,46-,47-,48-,49-,50-,51-;;/m1../s1. The summed E-state index contributed by atoms with van der Waals surface area (Å²) in [6, 6.07) is 0. The minimum Gasteiger partial charge on any atom is -0.394 e. The summed E-state index contributed by atoms with van der Waals surface area (Å²) < 4.78 is 95.9. The lowest BCUT2D eigenvalue weighted by Gasteiger charge is -2.50. The van der Waals surface area contributed by atoms with Gasteiger partial charge in [0.15, 0.2) is 50.3 Å². The van der Waals surface area contributed by atoms with Gasteiger partial charge in [0, 0.05) is 14.2 Å². The quantitative estimate of drug-likeness (QED) is 0.0427. The van der Waals surface area contributed by atoms with Crippen molar-refractivity contribution >= 4 is 0 Å². The Labute approximate surface area is 531 Å². The molecule has 40 atom stereocenters. The SMILES string of the molecule is C.C.CCC1O[C@H](OCC2O[C@H](O[C@@H]3C(CO)O[C@H](O[C@@H]4C(CO)O[C@H](O[C@@H]5C(CO)O[C@H](OC)[C@H](O)[C@H]5O)[C@H](O)[C@H]4O)[C@H](O)[C@H]3O)[C@H](O)[C@@H](O)[C@@H]2O[C@H]2OC(CO)[C@@H](O[C@H]3OC(CO)C(O[C@H]4OC(CO)[C@@H](OC)[C@H](O)[C@H]4O)[C@H](O)[C@H]3O)[C@H](O)[C@H]2O)[C@H](O)[C@@H](O)[C@@H]1O.